The molecule has 0 spiro atoms. The fraction of sp³-hybridized carbons (Fsp3) is 0.367. The third-order valence-electron chi connectivity index (χ3n) is 6.77. The van der Waals surface area contributed by atoms with Crippen LogP contribution in [0.1, 0.15) is 63.9 Å². The number of allylic oxidation sites excluding steroid dienone is 3. The van der Waals surface area contributed by atoms with Crippen LogP contribution >= 0.6 is 19.4 Å². The van der Waals surface area contributed by atoms with Crippen LogP contribution in [0.25, 0.3) is 10.9 Å². The lowest BCUT2D eigenvalue weighted by molar-refractivity contribution is 0.0427. The minimum absolute atomic E-state index is 0.112. The van der Waals surface area contributed by atoms with E-state index in [0.29, 0.717) is 23.1 Å². The van der Waals surface area contributed by atoms with Gasteiger partial charge >= 0.3 is 13.9 Å². The van der Waals surface area contributed by atoms with Crippen molar-refractivity contribution in [1.29, 1.82) is 5.26 Å². The molecule has 1 aromatic carbocycles. The summed E-state index contributed by atoms with van der Waals surface area (Å²) < 4.78 is 36.7. The summed E-state index contributed by atoms with van der Waals surface area (Å²) in [6.07, 6.45) is 7.44. The molecule has 1 aliphatic rings. The number of halogens is 2. The molecule has 1 atom stereocenters. The van der Waals surface area contributed by atoms with E-state index in [0.717, 1.165) is 23.8 Å². The molecule has 2 heterocycles. The number of aromatic nitrogens is 4. The van der Waals surface area contributed by atoms with Crippen LogP contribution < -0.4 is 10.2 Å². The van der Waals surface area contributed by atoms with E-state index in [2.05, 4.69) is 37.8 Å². The number of fused-ring (bicyclic) bond motifs is 1. The zero-order valence-corrected chi connectivity index (χ0v) is 27.3. The normalized spacial score (nSPS) is 14.7. The zero-order chi connectivity index (χ0) is 33.8. The molecule has 0 saturated heterocycles. The maximum Gasteiger partial charge on any atom is 0.472 e. The number of pyridine rings is 1. The molecule has 244 valence electrons. The second-order valence-electron chi connectivity index (χ2n) is 11.8. The molecule has 2 aromatic heterocycles. The van der Waals surface area contributed by atoms with Crippen LogP contribution in [-0.2, 0) is 13.8 Å². The fourth-order valence-electron chi connectivity index (χ4n) is 4.38. The topological polar surface area (TPSA) is 176 Å². The van der Waals surface area contributed by atoms with Crippen molar-refractivity contribution >= 4 is 47.8 Å². The molecule has 46 heavy (non-hydrogen) atoms. The first-order valence-electron chi connectivity index (χ1n) is 14.1. The van der Waals surface area contributed by atoms with Gasteiger partial charge in [0.25, 0.3) is 0 Å². The third kappa shape index (κ3) is 8.78. The van der Waals surface area contributed by atoms with Crippen molar-refractivity contribution in [2.75, 3.05) is 23.6 Å². The highest BCUT2D eigenvalue weighted by Crippen LogP contribution is 2.41. The summed E-state index contributed by atoms with van der Waals surface area (Å²) in [7, 11) is -5.00. The predicted molar refractivity (Wildman–Crippen MR) is 171 cm³/mol. The summed E-state index contributed by atoms with van der Waals surface area (Å²) >= 11 is 6.73. The van der Waals surface area contributed by atoms with Gasteiger partial charge in [-0.1, -0.05) is 56.3 Å². The summed E-state index contributed by atoms with van der Waals surface area (Å²) in [5, 5.41) is 22.2. The van der Waals surface area contributed by atoms with E-state index >= 15 is 0 Å². The second kappa shape index (κ2) is 14.1. The number of phosphoric acid groups is 1. The average molecular weight is 674 g/mol. The molecular weight excluding hydrogens is 640 g/mol. The van der Waals surface area contributed by atoms with E-state index in [4.69, 9.17) is 26.1 Å². The number of phosphoric ester groups is 1. The Kier molecular flexibility index (Phi) is 10.7. The van der Waals surface area contributed by atoms with Crippen molar-refractivity contribution in [1.82, 2.24) is 20.0 Å². The second-order valence-corrected chi connectivity index (χ2v) is 13.4. The van der Waals surface area contributed by atoms with Crippen LogP contribution in [0.4, 0.5) is 20.6 Å². The molecule has 0 radical (unpaired) electrons. The monoisotopic (exact) mass is 673 g/mol. The van der Waals surface area contributed by atoms with Crippen LogP contribution in [0.15, 0.2) is 60.7 Å². The number of carbonyl (C=O) groups excluding carboxylic acids is 1. The molecule has 1 fully saturated rings. The lowest BCUT2D eigenvalue weighted by Gasteiger charge is -2.31. The molecule has 1 amide bonds. The van der Waals surface area contributed by atoms with E-state index in [1.807, 2.05) is 20.8 Å². The highest BCUT2D eigenvalue weighted by Gasteiger charge is 2.35. The lowest BCUT2D eigenvalue weighted by atomic mass is 9.96. The van der Waals surface area contributed by atoms with Gasteiger partial charge in [-0.2, -0.15) is 5.26 Å². The Morgan fingerprint density at radius 2 is 2.09 bits per heavy atom. The molecule has 3 aromatic rings. The van der Waals surface area contributed by atoms with Gasteiger partial charge in [0.05, 0.1) is 39.7 Å². The highest BCUT2D eigenvalue weighted by molar-refractivity contribution is 7.46. The van der Waals surface area contributed by atoms with Crippen molar-refractivity contribution in [3.63, 3.8) is 0 Å². The Bertz CT molecular complexity index is 1790. The fourth-order valence-corrected chi connectivity index (χ4v) is 4.84. The van der Waals surface area contributed by atoms with Gasteiger partial charge < -0.3 is 19.8 Å². The van der Waals surface area contributed by atoms with Gasteiger partial charge in [0.2, 0.25) is 6.79 Å². The number of carbonyl (C=O) groups is 1. The number of nitrogens with one attached hydrogen (secondary N) is 1. The molecule has 16 heteroatoms. The molecular formula is C30H34ClFN7O6P. The van der Waals surface area contributed by atoms with Crippen molar-refractivity contribution in [2.45, 2.75) is 52.6 Å². The quantitative estimate of drug-likeness (QED) is 0.104. The standard InChI is InChI=1S/C30H34ClFN7O6P/c1-6-20(32)8-7-18(2)28(25-15-38(37-36-25)21-9-10-21)39(29(40)44-17-45-46(41,42)43)22-11-23-26(35-16-30(3,4)5)19(13-33)14-34-27(23)24(31)12-22/h6-8,11-12,14-15,21,28H,2,9-10,16-17H2,1,3-5H3,(H,34,35)(H2,41,42,43)/b8-7-,20-6+/t28-/m0/s1. The Balaban J connectivity index is 1.93. The number of nitriles is 1. The summed E-state index contributed by atoms with van der Waals surface area (Å²) in [5.41, 5.74) is 1.34. The van der Waals surface area contributed by atoms with Gasteiger partial charge in [-0.3, -0.25) is 9.88 Å². The lowest BCUT2D eigenvalue weighted by Crippen LogP contribution is -2.37. The molecule has 1 saturated carbocycles. The van der Waals surface area contributed by atoms with Crippen LogP contribution in [-0.4, -0.2) is 49.2 Å². The number of hydrogen-bond donors (Lipinski definition) is 3. The first kappa shape index (κ1) is 34.7. The van der Waals surface area contributed by atoms with Crippen LogP contribution in [0, 0.1) is 16.7 Å². The van der Waals surface area contributed by atoms with Gasteiger partial charge in [-0.05, 0) is 49.0 Å². The van der Waals surface area contributed by atoms with Crippen LogP contribution in [0.2, 0.25) is 5.02 Å². The van der Waals surface area contributed by atoms with Crippen LogP contribution in [0.3, 0.4) is 0 Å². The van der Waals surface area contributed by atoms with Gasteiger partial charge in [0.15, 0.2) is 0 Å². The molecule has 13 nitrogen and oxygen atoms in total. The van der Waals surface area contributed by atoms with Crippen molar-refractivity contribution in [2.24, 2.45) is 5.41 Å². The van der Waals surface area contributed by atoms with Crippen molar-refractivity contribution < 1.29 is 32.8 Å². The number of ether oxygens (including phenoxy) is 1. The number of benzene rings is 1. The molecule has 0 bridgehead atoms. The first-order valence-corrected chi connectivity index (χ1v) is 16.1. The Morgan fingerprint density at radius 1 is 1.37 bits per heavy atom. The number of hydrogen-bond acceptors (Lipinski definition) is 9. The zero-order valence-electron chi connectivity index (χ0n) is 25.6. The molecule has 4 rings (SSSR count). The minimum Gasteiger partial charge on any atom is -0.421 e. The van der Waals surface area contributed by atoms with E-state index in [9.17, 15) is 19.0 Å². The summed E-state index contributed by atoms with van der Waals surface area (Å²) in [4.78, 5) is 37.6. The number of amides is 1. The van der Waals surface area contributed by atoms with Gasteiger partial charge in [0, 0.05) is 18.1 Å². The number of nitrogens with zero attached hydrogens (tertiary/aromatic N) is 6. The summed E-state index contributed by atoms with van der Waals surface area (Å²) in [6, 6.07) is 4.08. The molecule has 3 N–H and O–H groups in total. The van der Waals surface area contributed by atoms with E-state index in [-0.39, 0.29) is 39.0 Å². The highest BCUT2D eigenvalue weighted by atomic mass is 35.5. The van der Waals surface area contributed by atoms with Gasteiger partial charge in [0.1, 0.15) is 23.6 Å². The predicted octanol–water partition coefficient (Wildman–Crippen LogP) is 6.88. The maximum atomic E-state index is 14.2. The third-order valence-corrected chi connectivity index (χ3v) is 7.50. The molecule has 0 unspecified atom stereocenters. The summed E-state index contributed by atoms with van der Waals surface area (Å²) in [6.45, 7) is 11.0. The molecule has 0 aliphatic heterocycles. The van der Waals surface area contributed by atoms with Crippen molar-refractivity contribution in [3.05, 3.63) is 77.0 Å². The summed E-state index contributed by atoms with van der Waals surface area (Å²) in [5.74, 6) is -0.566. The maximum absolute atomic E-state index is 14.2. The first-order chi connectivity index (χ1) is 21.6. The van der Waals surface area contributed by atoms with Crippen molar-refractivity contribution in [3.8, 4) is 6.07 Å². The van der Waals surface area contributed by atoms with Gasteiger partial charge in [-0.15, -0.1) is 5.10 Å². The SMILES string of the molecule is C=C(/C=C\C(F)=C/C)[C@@H](c1cn(C2CC2)nn1)N(C(=O)OCOP(=O)(O)O)c1cc(Cl)c2ncc(C#N)c(NCC(C)(C)C)c2c1. The van der Waals surface area contributed by atoms with Crippen LogP contribution in [0.5, 0.6) is 0 Å². The minimum atomic E-state index is -5.00. The number of rotatable bonds is 12. The van der Waals surface area contributed by atoms with E-state index in [1.165, 1.54) is 31.3 Å². The smallest absolute Gasteiger partial charge is 0.421 e. The largest absolute Gasteiger partial charge is 0.472 e. The van der Waals surface area contributed by atoms with E-state index < -0.39 is 32.6 Å². The van der Waals surface area contributed by atoms with Gasteiger partial charge in [-0.25, -0.2) is 23.0 Å². The Labute approximate surface area is 270 Å². The van der Waals surface area contributed by atoms with E-state index in [1.54, 1.807) is 16.9 Å². The average Bonchev–Trinajstić information content (AvgIpc) is 3.72. The Morgan fingerprint density at radius 3 is 2.70 bits per heavy atom. The Hall–Kier alpha value is -4.12. The number of anilines is 2. The molecule has 1 aliphatic carbocycles.